The second-order valence-corrected chi connectivity index (χ2v) is 7.59. The van der Waals surface area contributed by atoms with Crippen LogP contribution in [-0.4, -0.2) is 44.0 Å². The number of aliphatic imine (C=N–C) groups is 1. The molecule has 6 nitrogen and oxygen atoms in total. The van der Waals surface area contributed by atoms with Gasteiger partial charge in [0.05, 0.1) is 11.6 Å². The minimum atomic E-state index is 0. The standard InChI is InChI=1S/C20H32ClN3O3.HI/c1-4-22-20(23-12-15(5-6-25)9-14(2)3)24-13-16-10-17(21)19-18(11-16)26-7-8-27-19;/h10-11,14-15,25H,4-9,12-13H2,1-3H3,(H2,22,23,24);1H. The molecule has 28 heavy (non-hydrogen) atoms. The zero-order valence-electron chi connectivity index (χ0n) is 17.0. The van der Waals surface area contributed by atoms with Crippen molar-refractivity contribution in [3.8, 4) is 11.5 Å². The number of guanidine groups is 1. The number of ether oxygens (including phenoxy) is 2. The van der Waals surface area contributed by atoms with Crippen LogP contribution in [0.5, 0.6) is 11.5 Å². The van der Waals surface area contributed by atoms with Crippen LogP contribution in [0.3, 0.4) is 0 Å². The highest BCUT2D eigenvalue weighted by Crippen LogP contribution is 2.38. The van der Waals surface area contributed by atoms with E-state index in [1.165, 1.54) is 0 Å². The molecule has 0 fully saturated rings. The van der Waals surface area contributed by atoms with E-state index in [-0.39, 0.29) is 30.6 Å². The third-order valence-corrected chi connectivity index (χ3v) is 4.60. The van der Waals surface area contributed by atoms with Crippen LogP contribution in [0.2, 0.25) is 5.02 Å². The van der Waals surface area contributed by atoms with Crippen molar-refractivity contribution < 1.29 is 14.6 Å². The molecule has 1 aliphatic rings. The van der Waals surface area contributed by atoms with Gasteiger partial charge in [0, 0.05) is 19.7 Å². The van der Waals surface area contributed by atoms with Gasteiger partial charge >= 0.3 is 0 Å². The average Bonchev–Trinajstić information content (AvgIpc) is 2.63. The van der Waals surface area contributed by atoms with E-state index in [1.807, 2.05) is 19.1 Å². The molecule has 1 aliphatic heterocycles. The van der Waals surface area contributed by atoms with Crippen LogP contribution in [0.15, 0.2) is 17.1 Å². The second-order valence-electron chi connectivity index (χ2n) is 7.19. The number of fused-ring (bicyclic) bond motifs is 1. The molecule has 0 saturated heterocycles. The highest BCUT2D eigenvalue weighted by Gasteiger charge is 2.16. The largest absolute Gasteiger partial charge is 0.486 e. The Balaban J connectivity index is 0.00000392. The first-order valence-electron chi connectivity index (χ1n) is 9.74. The minimum absolute atomic E-state index is 0. The second kappa shape index (κ2) is 13.3. The molecule has 160 valence electrons. The first-order valence-corrected chi connectivity index (χ1v) is 10.1. The summed E-state index contributed by atoms with van der Waals surface area (Å²) in [5.41, 5.74) is 0.968. The summed E-state index contributed by atoms with van der Waals surface area (Å²) in [4.78, 5) is 4.66. The molecule has 1 atom stereocenters. The Kier molecular flexibility index (Phi) is 11.9. The maximum absolute atomic E-state index is 9.28. The molecular formula is C20H33ClIN3O3. The number of nitrogens with zero attached hydrogens (tertiary/aromatic N) is 1. The molecular weight excluding hydrogens is 493 g/mol. The molecule has 1 aromatic rings. The van der Waals surface area contributed by atoms with Gasteiger partial charge in [-0.25, -0.2) is 4.99 Å². The summed E-state index contributed by atoms with van der Waals surface area (Å²) in [5, 5.41) is 16.5. The number of rotatable bonds is 9. The summed E-state index contributed by atoms with van der Waals surface area (Å²) in [6.45, 7) is 9.76. The molecule has 3 N–H and O–H groups in total. The summed E-state index contributed by atoms with van der Waals surface area (Å²) in [5.74, 6) is 3.07. The van der Waals surface area contributed by atoms with Crippen molar-refractivity contribution in [2.45, 2.75) is 40.2 Å². The molecule has 0 aromatic heterocycles. The molecule has 0 spiro atoms. The van der Waals surface area contributed by atoms with Gasteiger partial charge in [-0.2, -0.15) is 0 Å². The monoisotopic (exact) mass is 525 g/mol. The maximum atomic E-state index is 9.28. The average molecular weight is 526 g/mol. The number of hydrogen-bond acceptors (Lipinski definition) is 4. The van der Waals surface area contributed by atoms with Crippen LogP contribution in [0.4, 0.5) is 0 Å². The lowest BCUT2D eigenvalue weighted by atomic mass is 9.94. The van der Waals surface area contributed by atoms with Gasteiger partial charge in [-0.3, -0.25) is 0 Å². The van der Waals surface area contributed by atoms with Crippen molar-refractivity contribution in [1.82, 2.24) is 10.6 Å². The van der Waals surface area contributed by atoms with Crippen molar-refractivity contribution >= 4 is 41.5 Å². The van der Waals surface area contributed by atoms with E-state index in [4.69, 9.17) is 21.1 Å². The molecule has 0 radical (unpaired) electrons. The van der Waals surface area contributed by atoms with Gasteiger partial charge in [0.15, 0.2) is 17.5 Å². The van der Waals surface area contributed by atoms with E-state index >= 15 is 0 Å². The minimum Gasteiger partial charge on any atom is -0.486 e. The summed E-state index contributed by atoms with van der Waals surface area (Å²) in [7, 11) is 0. The molecule has 1 unspecified atom stereocenters. The van der Waals surface area contributed by atoms with E-state index in [0.717, 1.165) is 37.5 Å². The molecule has 0 saturated carbocycles. The van der Waals surface area contributed by atoms with E-state index in [2.05, 4.69) is 29.5 Å². The highest BCUT2D eigenvalue weighted by molar-refractivity contribution is 14.0. The molecule has 8 heteroatoms. The van der Waals surface area contributed by atoms with Gasteiger partial charge in [0.1, 0.15) is 13.2 Å². The van der Waals surface area contributed by atoms with Crippen LogP contribution >= 0.6 is 35.6 Å². The molecule has 0 aliphatic carbocycles. The van der Waals surface area contributed by atoms with E-state index in [1.54, 1.807) is 0 Å². The lowest BCUT2D eigenvalue weighted by molar-refractivity contribution is 0.171. The fourth-order valence-corrected chi connectivity index (χ4v) is 3.45. The fourth-order valence-electron chi connectivity index (χ4n) is 3.16. The summed E-state index contributed by atoms with van der Waals surface area (Å²) >= 11 is 6.30. The number of aliphatic hydroxyl groups is 1. The Morgan fingerprint density at radius 2 is 2.00 bits per heavy atom. The Hall–Kier alpha value is -0.930. The normalized spacial score (nSPS) is 14.4. The number of halogens is 2. The quantitative estimate of drug-likeness (QED) is 0.260. The van der Waals surface area contributed by atoms with Crippen molar-refractivity contribution in [3.05, 3.63) is 22.7 Å². The molecule has 2 rings (SSSR count). The van der Waals surface area contributed by atoms with Crippen molar-refractivity contribution in [2.24, 2.45) is 16.8 Å². The van der Waals surface area contributed by atoms with E-state index < -0.39 is 0 Å². The number of nitrogens with one attached hydrogen (secondary N) is 2. The van der Waals surface area contributed by atoms with Gasteiger partial charge in [-0.1, -0.05) is 25.4 Å². The predicted molar refractivity (Wildman–Crippen MR) is 125 cm³/mol. The van der Waals surface area contributed by atoms with Gasteiger partial charge in [-0.05, 0) is 49.3 Å². The zero-order valence-corrected chi connectivity index (χ0v) is 20.0. The predicted octanol–water partition coefficient (Wildman–Crippen LogP) is 3.83. The third-order valence-electron chi connectivity index (χ3n) is 4.32. The van der Waals surface area contributed by atoms with Crippen molar-refractivity contribution in [3.63, 3.8) is 0 Å². The molecule has 1 aromatic carbocycles. The first-order chi connectivity index (χ1) is 13.0. The van der Waals surface area contributed by atoms with Gasteiger partial charge in [0.25, 0.3) is 0 Å². The Morgan fingerprint density at radius 1 is 1.25 bits per heavy atom. The van der Waals surface area contributed by atoms with Crippen molar-refractivity contribution in [1.29, 1.82) is 0 Å². The number of aliphatic hydroxyl groups excluding tert-OH is 1. The maximum Gasteiger partial charge on any atom is 0.191 e. The van der Waals surface area contributed by atoms with Crippen molar-refractivity contribution in [2.75, 3.05) is 32.9 Å². The Morgan fingerprint density at radius 3 is 2.68 bits per heavy atom. The first kappa shape index (κ1) is 25.1. The highest BCUT2D eigenvalue weighted by atomic mass is 127. The van der Waals surface area contributed by atoms with Gasteiger partial charge < -0.3 is 25.2 Å². The molecule has 0 bridgehead atoms. The lowest BCUT2D eigenvalue weighted by Gasteiger charge is -2.21. The van der Waals surface area contributed by atoms with Crippen LogP contribution in [0.1, 0.15) is 39.2 Å². The molecule has 1 heterocycles. The molecule has 0 amide bonds. The van der Waals surface area contributed by atoms with Crippen LogP contribution < -0.4 is 20.1 Å². The SMILES string of the molecule is CCNC(=NCc1cc(Cl)c2c(c1)OCCO2)NCC(CCO)CC(C)C.I. The van der Waals surface area contributed by atoms with Crippen LogP contribution in [-0.2, 0) is 6.54 Å². The fraction of sp³-hybridized carbons (Fsp3) is 0.650. The van der Waals surface area contributed by atoms with Crippen LogP contribution in [0.25, 0.3) is 0 Å². The summed E-state index contributed by atoms with van der Waals surface area (Å²) in [6, 6.07) is 3.80. The summed E-state index contributed by atoms with van der Waals surface area (Å²) < 4.78 is 11.2. The summed E-state index contributed by atoms with van der Waals surface area (Å²) in [6.07, 6.45) is 1.87. The van der Waals surface area contributed by atoms with Crippen LogP contribution in [0, 0.1) is 11.8 Å². The lowest BCUT2D eigenvalue weighted by Crippen LogP contribution is -2.40. The number of hydrogen-bond donors (Lipinski definition) is 3. The zero-order chi connectivity index (χ0) is 19.6. The van der Waals surface area contributed by atoms with Gasteiger partial charge in [-0.15, -0.1) is 24.0 Å². The smallest absolute Gasteiger partial charge is 0.191 e. The topological polar surface area (TPSA) is 75.1 Å². The van der Waals surface area contributed by atoms with E-state index in [0.29, 0.717) is 48.1 Å². The van der Waals surface area contributed by atoms with Gasteiger partial charge in [0.2, 0.25) is 0 Å². The van der Waals surface area contributed by atoms with E-state index in [9.17, 15) is 5.11 Å². The third kappa shape index (κ3) is 8.21. The Labute approximate surface area is 190 Å². The Bertz CT molecular complexity index is 629. The number of benzene rings is 1.